The molecule has 1 saturated carbocycles. The van der Waals surface area contributed by atoms with Gasteiger partial charge in [0.25, 0.3) is 0 Å². The Morgan fingerprint density at radius 3 is 2.35 bits per heavy atom. The molecule has 94 valence electrons. The third kappa shape index (κ3) is 2.43. The Balaban J connectivity index is 2.44. The lowest BCUT2D eigenvalue weighted by Crippen LogP contribution is -2.24. The van der Waals surface area contributed by atoms with E-state index >= 15 is 0 Å². The van der Waals surface area contributed by atoms with Gasteiger partial charge in [-0.25, -0.2) is 0 Å². The van der Waals surface area contributed by atoms with Crippen molar-refractivity contribution in [3.05, 3.63) is 21.7 Å². The SMILES string of the molecule is COc1c(Br)cc(CC2(N)CC2)c(OC)c1C. The van der Waals surface area contributed by atoms with Crippen molar-refractivity contribution in [3.63, 3.8) is 0 Å². The third-order valence-corrected chi connectivity index (χ3v) is 3.92. The number of ether oxygens (including phenoxy) is 2. The summed E-state index contributed by atoms with van der Waals surface area (Å²) in [5.74, 6) is 1.72. The molecule has 0 amide bonds. The first-order valence-corrected chi connectivity index (χ1v) is 6.49. The Morgan fingerprint density at radius 2 is 1.88 bits per heavy atom. The summed E-state index contributed by atoms with van der Waals surface area (Å²) in [7, 11) is 3.35. The fourth-order valence-corrected chi connectivity index (χ4v) is 2.93. The van der Waals surface area contributed by atoms with Crippen LogP contribution in [0.25, 0.3) is 0 Å². The molecule has 0 radical (unpaired) electrons. The van der Waals surface area contributed by atoms with E-state index in [4.69, 9.17) is 15.2 Å². The van der Waals surface area contributed by atoms with Gasteiger partial charge in [-0.1, -0.05) is 0 Å². The molecule has 0 unspecified atom stereocenters. The Morgan fingerprint density at radius 1 is 1.29 bits per heavy atom. The molecule has 4 heteroatoms. The monoisotopic (exact) mass is 299 g/mol. The lowest BCUT2D eigenvalue weighted by molar-refractivity contribution is 0.382. The first kappa shape index (κ1) is 12.7. The number of benzene rings is 1. The van der Waals surface area contributed by atoms with Gasteiger partial charge in [-0.05, 0) is 53.7 Å². The van der Waals surface area contributed by atoms with Crippen LogP contribution in [-0.2, 0) is 6.42 Å². The number of halogens is 1. The molecular formula is C13H18BrNO2. The van der Waals surface area contributed by atoms with Gasteiger partial charge < -0.3 is 15.2 Å². The second kappa shape index (κ2) is 4.50. The van der Waals surface area contributed by atoms with Crippen LogP contribution in [0.15, 0.2) is 10.5 Å². The number of nitrogens with two attached hydrogens (primary N) is 1. The third-order valence-electron chi connectivity index (χ3n) is 3.33. The van der Waals surface area contributed by atoms with E-state index in [1.54, 1.807) is 14.2 Å². The normalized spacial score (nSPS) is 16.8. The summed E-state index contributed by atoms with van der Waals surface area (Å²) in [6.07, 6.45) is 3.05. The second-order valence-corrected chi connectivity index (χ2v) is 5.60. The summed E-state index contributed by atoms with van der Waals surface area (Å²) in [6, 6.07) is 2.05. The van der Waals surface area contributed by atoms with Gasteiger partial charge in [0.05, 0.1) is 18.7 Å². The maximum atomic E-state index is 6.17. The summed E-state index contributed by atoms with van der Waals surface area (Å²) in [6.45, 7) is 2.00. The smallest absolute Gasteiger partial charge is 0.139 e. The summed E-state index contributed by atoms with van der Waals surface area (Å²) in [5, 5.41) is 0. The molecule has 1 aromatic carbocycles. The fourth-order valence-electron chi connectivity index (χ4n) is 2.19. The zero-order chi connectivity index (χ0) is 12.6. The van der Waals surface area contributed by atoms with Crippen molar-refractivity contribution >= 4 is 15.9 Å². The quantitative estimate of drug-likeness (QED) is 0.930. The van der Waals surface area contributed by atoms with E-state index < -0.39 is 0 Å². The number of hydrogen-bond acceptors (Lipinski definition) is 3. The van der Waals surface area contributed by atoms with E-state index in [0.29, 0.717) is 0 Å². The van der Waals surface area contributed by atoms with E-state index in [1.165, 1.54) is 0 Å². The van der Waals surface area contributed by atoms with Crippen LogP contribution < -0.4 is 15.2 Å². The standard InChI is InChI=1S/C13H18BrNO2/c1-8-11(16-2)9(7-13(15)4-5-13)6-10(14)12(8)17-3/h6H,4-5,7,15H2,1-3H3. The number of methoxy groups -OCH3 is 2. The highest BCUT2D eigenvalue weighted by molar-refractivity contribution is 9.10. The molecule has 1 aromatic rings. The molecule has 0 aromatic heterocycles. The van der Waals surface area contributed by atoms with Crippen LogP contribution in [0.4, 0.5) is 0 Å². The van der Waals surface area contributed by atoms with Crippen LogP contribution in [0.5, 0.6) is 11.5 Å². The minimum absolute atomic E-state index is 0.0201. The predicted molar refractivity (Wildman–Crippen MR) is 71.8 cm³/mol. The van der Waals surface area contributed by atoms with Crippen molar-refractivity contribution in [1.82, 2.24) is 0 Å². The minimum Gasteiger partial charge on any atom is -0.496 e. The summed E-state index contributed by atoms with van der Waals surface area (Å²) >= 11 is 3.53. The average Bonchev–Trinajstić information content (AvgIpc) is 2.96. The van der Waals surface area contributed by atoms with Gasteiger partial charge >= 0.3 is 0 Å². The molecule has 1 fully saturated rings. The molecule has 1 aliphatic carbocycles. The summed E-state index contributed by atoms with van der Waals surface area (Å²) < 4.78 is 11.8. The largest absolute Gasteiger partial charge is 0.496 e. The summed E-state index contributed by atoms with van der Waals surface area (Å²) in [4.78, 5) is 0. The Labute approximate surface area is 110 Å². The van der Waals surface area contributed by atoms with Crippen molar-refractivity contribution in [3.8, 4) is 11.5 Å². The van der Waals surface area contributed by atoms with Crippen LogP contribution in [-0.4, -0.2) is 19.8 Å². The zero-order valence-electron chi connectivity index (χ0n) is 10.5. The van der Waals surface area contributed by atoms with Gasteiger partial charge in [0.2, 0.25) is 0 Å². The van der Waals surface area contributed by atoms with E-state index in [9.17, 15) is 0 Å². The molecule has 0 atom stereocenters. The van der Waals surface area contributed by atoms with Gasteiger partial charge in [0, 0.05) is 11.1 Å². The maximum Gasteiger partial charge on any atom is 0.139 e. The van der Waals surface area contributed by atoms with Gasteiger partial charge in [-0.2, -0.15) is 0 Å². The minimum atomic E-state index is -0.0201. The molecule has 0 heterocycles. The highest BCUT2D eigenvalue weighted by Gasteiger charge is 2.39. The van der Waals surface area contributed by atoms with Crippen LogP contribution in [0.1, 0.15) is 24.0 Å². The molecule has 2 rings (SSSR count). The molecule has 0 bridgehead atoms. The summed E-state index contributed by atoms with van der Waals surface area (Å²) in [5.41, 5.74) is 8.32. The molecule has 3 nitrogen and oxygen atoms in total. The molecule has 2 N–H and O–H groups in total. The Hall–Kier alpha value is -0.740. The van der Waals surface area contributed by atoms with Crippen LogP contribution in [0.2, 0.25) is 0 Å². The van der Waals surface area contributed by atoms with E-state index in [-0.39, 0.29) is 5.54 Å². The van der Waals surface area contributed by atoms with Gasteiger partial charge in [-0.3, -0.25) is 0 Å². The van der Waals surface area contributed by atoms with Crippen LogP contribution in [0.3, 0.4) is 0 Å². The lowest BCUT2D eigenvalue weighted by atomic mass is 10.0. The van der Waals surface area contributed by atoms with E-state index in [1.807, 2.05) is 6.92 Å². The van der Waals surface area contributed by atoms with E-state index in [0.717, 1.165) is 46.4 Å². The average molecular weight is 300 g/mol. The maximum absolute atomic E-state index is 6.17. The Kier molecular flexibility index (Phi) is 3.36. The van der Waals surface area contributed by atoms with Crippen molar-refractivity contribution in [1.29, 1.82) is 0 Å². The molecule has 0 saturated heterocycles. The first-order valence-electron chi connectivity index (χ1n) is 5.69. The predicted octanol–water partition coefficient (Wildman–Crippen LogP) is 2.81. The molecule has 0 spiro atoms. The highest BCUT2D eigenvalue weighted by atomic mass is 79.9. The van der Waals surface area contributed by atoms with Crippen LogP contribution >= 0.6 is 15.9 Å². The molecule has 1 aliphatic rings. The Bertz CT molecular complexity index is 442. The van der Waals surface area contributed by atoms with Crippen molar-refractivity contribution < 1.29 is 9.47 Å². The topological polar surface area (TPSA) is 44.5 Å². The molecular weight excluding hydrogens is 282 g/mol. The van der Waals surface area contributed by atoms with Gasteiger partial charge in [-0.15, -0.1) is 0 Å². The molecule has 17 heavy (non-hydrogen) atoms. The van der Waals surface area contributed by atoms with E-state index in [2.05, 4.69) is 22.0 Å². The fraction of sp³-hybridized carbons (Fsp3) is 0.538. The van der Waals surface area contributed by atoms with Crippen molar-refractivity contribution in [2.45, 2.75) is 31.7 Å². The van der Waals surface area contributed by atoms with Gasteiger partial charge in [0.15, 0.2) is 0 Å². The van der Waals surface area contributed by atoms with Crippen molar-refractivity contribution in [2.75, 3.05) is 14.2 Å². The number of hydrogen-bond donors (Lipinski definition) is 1. The van der Waals surface area contributed by atoms with Crippen molar-refractivity contribution in [2.24, 2.45) is 5.73 Å². The molecule has 0 aliphatic heterocycles. The van der Waals surface area contributed by atoms with Crippen LogP contribution in [0, 0.1) is 6.92 Å². The van der Waals surface area contributed by atoms with Gasteiger partial charge in [0.1, 0.15) is 11.5 Å². The lowest BCUT2D eigenvalue weighted by Gasteiger charge is -2.18. The second-order valence-electron chi connectivity index (χ2n) is 4.75. The zero-order valence-corrected chi connectivity index (χ0v) is 12.1. The first-order chi connectivity index (χ1) is 8.00. The highest BCUT2D eigenvalue weighted by Crippen LogP contribution is 2.43. The number of rotatable bonds is 4.